The number of pyridine rings is 2. The maximum Gasteiger partial charge on any atom is 0.117 e. The molecule has 4 rings (SSSR count). The van der Waals surface area contributed by atoms with Crippen LogP contribution in [0.2, 0.25) is 0 Å². The summed E-state index contributed by atoms with van der Waals surface area (Å²) >= 11 is 0. The Morgan fingerprint density at radius 3 is 2.93 bits per heavy atom. The summed E-state index contributed by atoms with van der Waals surface area (Å²) in [4.78, 5) is 19.7. The first-order valence-electron chi connectivity index (χ1n) is 10.5. The van der Waals surface area contributed by atoms with Gasteiger partial charge in [-0.3, -0.25) is 9.97 Å². The van der Waals surface area contributed by atoms with Gasteiger partial charge in [-0.25, -0.2) is 0 Å². The molecule has 6 nitrogen and oxygen atoms in total. The van der Waals surface area contributed by atoms with Gasteiger partial charge in [0, 0.05) is 11.9 Å². The van der Waals surface area contributed by atoms with Gasteiger partial charge in [-0.05, 0) is 87.1 Å². The molecule has 0 radical (unpaired) electrons. The van der Waals surface area contributed by atoms with Gasteiger partial charge >= 0.3 is 0 Å². The number of oxime groups is 2. The van der Waals surface area contributed by atoms with E-state index >= 15 is 0 Å². The molecule has 6 heteroatoms. The molecule has 2 heterocycles. The number of rotatable bonds is 8. The van der Waals surface area contributed by atoms with Crippen LogP contribution in [0.1, 0.15) is 73.2 Å². The van der Waals surface area contributed by atoms with E-state index in [4.69, 9.17) is 14.7 Å². The second-order valence-corrected chi connectivity index (χ2v) is 7.75. The van der Waals surface area contributed by atoms with E-state index in [0.29, 0.717) is 12.5 Å². The Morgan fingerprint density at radius 1 is 1.21 bits per heavy atom. The van der Waals surface area contributed by atoms with E-state index in [2.05, 4.69) is 39.6 Å². The van der Waals surface area contributed by atoms with E-state index in [1.165, 1.54) is 24.0 Å². The van der Waals surface area contributed by atoms with Gasteiger partial charge in [-0.1, -0.05) is 16.4 Å². The number of fused-ring (bicyclic) bond motifs is 1. The van der Waals surface area contributed by atoms with Crippen molar-refractivity contribution in [3.05, 3.63) is 58.7 Å². The monoisotopic (exact) mass is 392 g/mol. The van der Waals surface area contributed by atoms with Crippen molar-refractivity contribution in [3.8, 4) is 0 Å². The van der Waals surface area contributed by atoms with Crippen LogP contribution in [0.15, 0.2) is 40.8 Å². The van der Waals surface area contributed by atoms with Crippen LogP contribution < -0.4 is 0 Å². The van der Waals surface area contributed by atoms with Crippen molar-refractivity contribution in [2.45, 2.75) is 57.8 Å². The molecule has 29 heavy (non-hydrogen) atoms. The average molecular weight is 393 g/mol. The molecule has 2 aliphatic rings. The van der Waals surface area contributed by atoms with E-state index in [9.17, 15) is 0 Å². The van der Waals surface area contributed by atoms with Crippen LogP contribution in [0, 0.1) is 0 Å². The summed E-state index contributed by atoms with van der Waals surface area (Å²) in [5, 5.41) is 8.40. The second-order valence-electron chi connectivity index (χ2n) is 7.75. The predicted molar refractivity (Wildman–Crippen MR) is 113 cm³/mol. The lowest BCUT2D eigenvalue weighted by Crippen LogP contribution is -2.15. The molecule has 0 atom stereocenters. The Kier molecular flexibility index (Phi) is 6.17. The smallest absolute Gasteiger partial charge is 0.117 e. The summed E-state index contributed by atoms with van der Waals surface area (Å²) in [6.45, 7) is 2.50. The highest BCUT2D eigenvalue weighted by molar-refractivity contribution is 6.00. The Labute approximate surface area is 172 Å². The fraction of sp³-hybridized carbons (Fsp3) is 0.478. The number of nitrogens with zero attached hydrogens (tertiary/aromatic N) is 4. The predicted octanol–water partition coefficient (Wildman–Crippen LogP) is 4.41. The first kappa shape index (κ1) is 19.6. The minimum Gasteiger partial charge on any atom is -0.399 e. The lowest BCUT2D eigenvalue weighted by molar-refractivity contribution is 0.141. The molecule has 1 saturated carbocycles. The zero-order valence-corrected chi connectivity index (χ0v) is 17.2. The Hall–Kier alpha value is -2.76. The maximum absolute atomic E-state index is 5.54. The van der Waals surface area contributed by atoms with Crippen LogP contribution in [0.25, 0.3) is 0 Å². The van der Waals surface area contributed by atoms with Crippen molar-refractivity contribution in [2.24, 2.45) is 10.3 Å². The molecule has 0 spiro atoms. The van der Waals surface area contributed by atoms with Crippen LogP contribution in [0.5, 0.6) is 0 Å². The minimum absolute atomic E-state index is 0.553. The van der Waals surface area contributed by atoms with Gasteiger partial charge in [-0.2, -0.15) is 0 Å². The van der Waals surface area contributed by atoms with E-state index in [1.807, 2.05) is 13.1 Å². The summed E-state index contributed by atoms with van der Waals surface area (Å²) in [6, 6.07) is 8.51. The van der Waals surface area contributed by atoms with Gasteiger partial charge in [-0.15, -0.1) is 0 Å². The van der Waals surface area contributed by atoms with Gasteiger partial charge in [0.25, 0.3) is 0 Å². The van der Waals surface area contributed by atoms with Crippen molar-refractivity contribution in [1.29, 1.82) is 0 Å². The van der Waals surface area contributed by atoms with Gasteiger partial charge in [0.2, 0.25) is 0 Å². The first-order chi connectivity index (χ1) is 14.2. The highest BCUT2D eigenvalue weighted by atomic mass is 16.6. The first-order valence-corrected chi connectivity index (χ1v) is 10.5. The molecule has 0 saturated heterocycles. The van der Waals surface area contributed by atoms with Gasteiger partial charge in [0.15, 0.2) is 0 Å². The lowest BCUT2D eigenvalue weighted by atomic mass is 9.94. The molecule has 0 unspecified atom stereocenters. The average Bonchev–Trinajstić information content (AvgIpc) is 3.59. The molecule has 2 aliphatic carbocycles. The Morgan fingerprint density at radius 2 is 2.10 bits per heavy atom. The molecular formula is C23H28N4O2. The molecule has 0 N–H and O–H groups in total. The second kappa shape index (κ2) is 9.16. The zero-order valence-electron chi connectivity index (χ0n) is 17.2. The van der Waals surface area contributed by atoms with Crippen LogP contribution in [0.3, 0.4) is 0 Å². The number of aromatic nitrogens is 2. The highest BCUT2D eigenvalue weighted by Crippen LogP contribution is 2.39. The maximum atomic E-state index is 5.54. The third-order valence-electron chi connectivity index (χ3n) is 5.44. The molecule has 0 aromatic carbocycles. The zero-order chi connectivity index (χ0) is 20.1. The van der Waals surface area contributed by atoms with E-state index in [1.54, 1.807) is 7.11 Å². The van der Waals surface area contributed by atoms with Gasteiger partial charge in [0.1, 0.15) is 25.1 Å². The third kappa shape index (κ3) is 5.00. The standard InChI is InChI=1S/C23H28N4O2/c1-16(22-15-19(12-13-24-22)17-8-9-17)26-29-14-4-6-20-11-10-18-5-3-7-21(27-28-2)23(18)25-20/h10-13,15,17H,3-9,14H2,1-2H3/b26-16+,27-21+. The van der Waals surface area contributed by atoms with Gasteiger partial charge < -0.3 is 9.68 Å². The van der Waals surface area contributed by atoms with Crippen LogP contribution in [-0.2, 0) is 22.5 Å². The fourth-order valence-corrected chi connectivity index (χ4v) is 3.71. The molecule has 0 amide bonds. The molecule has 2 aromatic rings. The summed E-state index contributed by atoms with van der Waals surface area (Å²) in [6.07, 6.45) is 9.21. The van der Waals surface area contributed by atoms with Crippen molar-refractivity contribution < 1.29 is 9.68 Å². The summed E-state index contributed by atoms with van der Waals surface area (Å²) in [5.41, 5.74) is 7.33. The molecular weight excluding hydrogens is 364 g/mol. The molecule has 152 valence electrons. The van der Waals surface area contributed by atoms with E-state index < -0.39 is 0 Å². The van der Waals surface area contributed by atoms with E-state index in [0.717, 1.165) is 60.6 Å². The SMILES string of the molecule is CO/N=C1\CCCc2ccc(CCCO/N=C(\C)c3cc(C4CC4)ccn3)nc21. The molecule has 0 bridgehead atoms. The topological polar surface area (TPSA) is 69.0 Å². The normalized spacial score (nSPS) is 17.9. The lowest BCUT2D eigenvalue weighted by Gasteiger charge is -2.17. The van der Waals surface area contributed by atoms with Crippen molar-refractivity contribution in [2.75, 3.05) is 13.7 Å². The Bertz CT molecular complexity index is 919. The number of hydrogen-bond donors (Lipinski definition) is 0. The molecule has 0 aliphatic heterocycles. The van der Waals surface area contributed by atoms with Gasteiger partial charge in [0.05, 0.1) is 11.4 Å². The summed E-state index contributed by atoms with van der Waals surface area (Å²) in [5.74, 6) is 0.712. The van der Waals surface area contributed by atoms with Crippen LogP contribution in [0.4, 0.5) is 0 Å². The van der Waals surface area contributed by atoms with Crippen molar-refractivity contribution in [3.63, 3.8) is 0 Å². The van der Waals surface area contributed by atoms with E-state index in [-0.39, 0.29) is 0 Å². The molecule has 1 fully saturated rings. The highest BCUT2D eigenvalue weighted by Gasteiger charge is 2.23. The Balaban J connectivity index is 1.29. The van der Waals surface area contributed by atoms with Crippen molar-refractivity contribution in [1.82, 2.24) is 9.97 Å². The quantitative estimate of drug-likeness (QED) is 0.379. The fourth-order valence-electron chi connectivity index (χ4n) is 3.71. The summed E-state index contributed by atoms with van der Waals surface area (Å²) in [7, 11) is 1.59. The van der Waals surface area contributed by atoms with Crippen molar-refractivity contribution >= 4 is 11.4 Å². The minimum atomic E-state index is 0.553. The summed E-state index contributed by atoms with van der Waals surface area (Å²) < 4.78 is 0. The third-order valence-corrected chi connectivity index (χ3v) is 5.44. The number of aryl methyl sites for hydroxylation is 2. The van der Waals surface area contributed by atoms with Crippen LogP contribution >= 0.6 is 0 Å². The van der Waals surface area contributed by atoms with Crippen LogP contribution in [-0.4, -0.2) is 35.1 Å². The largest absolute Gasteiger partial charge is 0.399 e. The number of hydrogen-bond acceptors (Lipinski definition) is 6. The molecule has 2 aromatic heterocycles.